The van der Waals surface area contributed by atoms with Gasteiger partial charge in [0.15, 0.2) is 5.82 Å². The molecule has 1 aliphatic heterocycles. The molecule has 0 radical (unpaired) electrons. The molecule has 7 nitrogen and oxygen atoms in total. The summed E-state index contributed by atoms with van der Waals surface area (Å²) in [5, 5.41) is 13.9. The molecule has 0 aromatic carbocycles. The van der Waals surface area contributed by atoms with Crippen LogP contribution in [0.3, 0.4) is 0 Å². The average molecular weight is 329 g/mol. The number of anilines is 2. The first kappa shape index (κ1) is 14.4. The lowest BCUT2D eigenvalue weighted by molar-refractivity contribution is 0.483. The summed E-state index contributed by atoms with van der Waals surface area (Å²) in [4.78, 5) is 10.0. The van der Waals surface area contributed by atoms with E-state index in [1.807, 2.05) is 29.8 Å². The minimum Gasteiger partial charge on any atom is -0.353 e. The number of hydrogen-bond donors (Lipinski definition) is 0. The van der Waals surface area contributed by atoms with Gasteiger partial charge in [-0.25, -0.2) is 9.50 Å². The predicted octanol–water partition coefficient (Wildman–Crippen LogP) is 1.99. The summed E-state index contributed by atoms with van der Waals surface area (Å²) in [5.74, 6) is 0.954. The van der Waals surface area contributed by atoms with Crippen molar-refractivity contribution in [2.75, 3.05) is 29.9 Å². The van der Waals surface area contributed by atoms with Crippen LogP contribution < -0.4 is 9.80 Å². The largest absolute Gasteiger partial charge is 0.353 e. The van der Waals surface area contributed by atoms with Crippen LogP contribution in [0.25, 0.3) is 4.96 Å². The summed E-state index contributed by atoms with van der Waals surface area (Å²) in [6, 6.07) is 4.38. The smallest absolute Gasteiger partial charge is 0.214 e. The number of piperidine rings is 1. The van der Waals surface area contributed by atoms with Crippen LogP contribution in [0.5, 0.6) is 0 Å². The van der Waals surface area contributed by atoms with Crippen molar-refractivity contribution in [1.82, 2.24) is 24.8 Å². The Morgan fingerprint density at radius 1 is 1.39 bits per heavy atom. The SMILES string of the molecule is Cc1cn2nc(N(C)[C@@H]3CCCN(c4cccnn4)C3)sc2n1. The summed E-state index contributed by atoms with van der Waals surface area (Å²) >= 11 is 1.64. The normalized spacial score (nSPS) is 18.5. The number of imidazole rings is 1. The van der Waals surface area contributed by atoms with E-state index in [0.29, 0.717) is 6.04 Å². The van der Waals surface area contributed by atoms with Crippen molar-refractivity contribution < 1.29 is 0 Å². The van der Waals surface area contributed by atoms with Gasteiger partial charge in [-0.15, -0.1) is 10.2 Å². The Morgan fingerprint density at radius 3 is 3.09 bits per heavy atom. The third kappa shape index (κ3) is 2.74. The van der Waals surface area contributed by atoms with Crippen molar-refractivity contribution in [1.29, 1.82) is 0 Å². The van der Waals surface area contributed by atoms with Gasteiger partial charge in [-0.05, 0) is 31.9 Å². The molecule has 0 saturated carbocycles. The Morgan fingerprint density at radius 2 is 2.30 bits per heavy atom. The molecule has 1 saturated heterocycles. The molecule has 4 rings (SSSR count). The summed E-state index contributed by atoms with van der Waals surface area (Å²) < 4.78 is 1.87. The predicted molar refractivity (Wildman–Crippen MR) is 91.3 cm³/mol. The molecule has 8 heteroatoms. The Hall–Kier alpha value is -2.22. The van der Waals surface area contributed by atoms with E-state index in [2.05, 4.69) is 37.1 Å². The lowest BCUT2D eigenvalue weighted by atomic mass is 10.0. The van der Waals surface area contributed by atoms with Crippen molar-refractivity contribution in [3.05, 3.63) is 30.2 Å². The monoisotopic (exact) mass is 329 g/mol. The van der Waals surface area contributed by atoms with Crippen LogP contribution in [0.15, 0.2) is 24.5 Å². The summed E-state index contributed by atoms with van der Waals surface area (Å²) in [6.45, 7) is 3.96. The van der Waals surface area contributed by atoms with Crippen LogP contribution in [0.1, 0.15) is 18.5 Å². The lowest BCUT2D eigenvalue weighted by Gasteiger charge is -2.37. The highest BCUT2D eigenvalue weighted by atomic mass is 32.1. The van der Waals surface area contributed by atoms with Gasteiger partial charge in [0, 0.05) is 32.4 Å². The number of likely N-dealkylation sites (N-methyl/N-ethyl adjacent to an activating group) is 1. The molecule has 1 fully saturated rings. The Balaban J connectivity index is 1.53. The number of aryl methyl sites for hydroxylation is 1. The van der Waals surface area contributed by atoms with Crippen molar-refractivity contribution in [2.24, 2.45) is 0 Å². The number of hydrogen-bond acceptors (Lipinski definition) is 7. The van der Waals surface area contributed by atoms with E-state index in [1.54, 1.807) is 17.5 Å². The summed E-state index contributed by atoms with van der Waals surface area (Å²) in [6.07, 6.45) is 5.99. The molecule has 23 heavy (non-hydrogen) atoms. The Bertz CT molecular complexity index is 765. The van der Waals surface area contributed by atoms with Crippen LogP contribution >= 0.6 is 11.3 Å². The molecule has 0 aliphatic carbocycles. The first-order chi connectivity index (χ1) is 11.2. The van der Waals surface area contributed by atoms with Crippen LogP contribution in [0, 0.1) is 6.92 Å². The van der Waals surface area contributed by atoms with Gasteiger partial charge in [-0.3, -0.25) is 0 Å². The van der Waals surface area contributed by atoms with Gasteiger partial charge in [-0.2, -0.15) is 5.10 Å². The van der Waals surface area contributed by atoms with E-state index in [-0.39, 0.29) is 0 Å². The molecule has 0 N–H and O–H groups in total. The fourth-order valence-corrected chi connectivity index (χ4v) is 4.00. The maximum atomic E-state index is 4.66. The van der Waals surface area contributed by atoms with Crippen LogP contribution in [-0.4, -0.2) is 51.0 Å². The summed E-state index contributed by atoms with van der Waals surface area (Å²) in [7, 11) is 2.12. The zero-order chi connectivity index (χ0) is 15.8. The molecule has 0 bridgehead atoms. The van der Waals surface area contributed by atoms with Crippen molar-refractivity contribution in [3.63, 3.8) is 0 Å². The van der Waals surface area contributed by atoms with E-state index in [4.69, 9.17) is 0 Å². The quantitative estimate of drug-likeness (QED) is 0.732. The molecular weight excluding hydrogens is 310 g/mol. The van der Waals surface area contributed by atoms with Gasteiger partial charge >= 0.3 is 0 Å². The molecule has 4 heterocycles. The highest BCUT2D eigenvalue weighted by Crippen LogP contribution is 2.27. The first-order valence-corrected chi connectivity index (χ1v) is 8.60. The Kier molecular flexibility index (Phi) is 3.60. The van der Waals surface area contributed by atoms with Crippen molar-refractivity contribution in [3.8, 4) is 0 Å². The van der Waals surface area contributed by atoms with Gasteiger partial charge < -0.3 is 9.80 Å². The zero-order valence-electron chi connectivity index (χ0n) is 13.3. The topological polar surface area (TPSA) is 62.5 Å². The fraction of sp³-hybridized carbons (Fsp3) is 0.467. The molecule has 3 aromatic heterocycles. The minimum atomic E-state index is 0.419. The van der Waals surface area contributed by atoms with Crippen molar-refractivity contribution >= 4 is 27.2 Å². The van der Waals surface area contributed by atoms with Crippen LogP contribution in [0.4, 0.5) is 10.9 Å². The third-order valence-corrected chi connectivity index (χ3v) is 5.29. The molecule has 1 aliphatic rings. The summed E-state index contributed by atoms with van der Waals surface area (Å²) in [5.41, 5.74) is 1.00. The van der Waals surface area contributed by atoms with Gasteiger partial charge in [0.1, 0.15) is 0 Å². The van der Waals surface area contributed by atoms with E-state index < -0.39 is 0 Å². The number of rotatable bonds is 3. The lowest BCUT2D eigenvalue weighted by Crippen LogP contribution is -2.47. The molecule has 1 atom stereocenters. The van der Waals surface area contributed by atoms with Gasteiger partial charge in [0.25, 0.3) is 0 Å². The number of aromatic nitrogens is 5. The number of nitrogens with zero attached hydrogens (tertiary/aromatic N) is 7. The van der Waals surface area contributed by atoms with E-state index in [1.165, 1.54) is 0 Å². The third-order valence-electron chi connectivity index (χ3n) is 4.28. The highest BCUT2D eigenvalue weighted by molar-refractivity contribution is 7.20. The van der Waals surface area contributed by atoms with Crippen molar-refractivity contribution in [2.45, 2.75) is 25.8 Å². The molecule has 3 aromatic rings. The molecule has 0 amide bonds. The highest BCUT2D eigenvalue weighted by Gasteiger charge is 2.26. The van der Waals surface area contributed by atoms with E-state index in [9.17, 15) is 0 Å². The Labute approximate surface area is 138 Å². The van der Waals surface area contributed by atoms with E-state index >= 15 is 0 Å². The second-order valence-corrected chi connectivity index (χ2v) is 6.86. The van der Waals surface area contributed by atoms with E-state index in [0.717, 1.165) is 47.5 Å². The minimum absolute atomic E-state index is 0.419. The number of fused-ring (bicyclic) bond motifs is 1. The fourth-order valence-electron chi connectivity index (χ4n) is 3.04. The molecule has 0 spiro atoms. The first-order valence-electron chi connectivity index (χ1n) is 7.79. The van der Waals surface area contributed by atoms with Gasteiger partial charge in [-0.1, -0.05) is 11.3 Å². The van der Waals surface area contributed by atoms with Crippen LogP contribution in [-0.2, 0) is 0 Å². The average Bonchev–Trinajstić information content (AvgIpc) is 3.12. The zero-order valence-corrected chi connectivity index (χ0v) is 14.1. The van der Waals surface area contributed by atoms with Crippen LogP contribution in [0.2, 0.25) is 0 Å². The molecule has 120 valence electrons. The maximum Gasteiger partial charge on any atom is 0.214 e. The standard InChI is InChI=1S/C15H19N7S/c1-11-9-22-14(17-11)23-15(19-22)20(2)12-5-4-8-21(10-12)13-6-3-7-16-18-13/h3,6-7,9,12H,4-5,8,10H2,1-2H3/t12-/m1/s1. The molecule has 0 unspecified atom stereocenters. The second-order valence-electron chi connectivity index (χ2n) is 5.93. The van der Waals surface area contributed by atoms with Gasteiger partial charge in [0.2, 0.25) is 10.1 Å². The molecular formula is C15H19N7S. The van der Waals surface area contributed by atoms with Gasteiger partial charge in [0.05, 0.1) is 11.9 Å². The maximum absolute atomic E-state index is 4.66. The second kappa shape index (κ2) is 5.77.